The van der Waals surface area contributed by atoms with Crippen LogP contribution in [0.1, 0.15) is 31.4 Å². The fraction of sp³-hybridized carbons (Fsp3) is 0.571. The molecule has 0 heterocycles. The predicted octanol–water partition coefficient (Wildman–Crippen LogP) is 3.42. The van der Waals surface area contributed by atoms with Crippen molar-refractivity contribution in [2.24, 2.45) is 5.92 Å². The molecule has 1 fully saturated rings. The number of benzene rings is 1. The van der Waals surface area contributed by atoms with Gasteiger partial charge in [-0.25, -0.2) is 0 Å². The minimum atomic E-state index is 0.0734. The summed E-state index contributed by atoms with van der Waals surface area (Å²) in [6, 6.07) is 7.95. The zero-order valence-corrected chi connectivity index (χ0v) is 11.0. The summed E-state index contributed by atoms with van der Waals surface area (Å²) < 4.78 is 5.99. The van der Waals surface area contributed by atoms with Crippen molar-refractivity contribution < 1.29 is 4.74 Å². The summed E-state index contributed by atoms with van der Waals surface area (Å²) in [4.78, 5) is 0. The zero-order valence-electron chi connectivity index (χ0n) is 10.3. The second kappa shape index (κ2) is 6.39. The first kappa shape index (κ1) is 12.9. The smallest absolute Gasteiger partial charge is 0.0963 e. The monoisotopic (exact) mass is 253 g/mol. The van der Waals surface area contributed by atoms with E-state index in [9.17, 15) is 0 Å². The third-order valence-corrected chi connectivity index (χ3v) is 3.41. The van der Waals surface area contributed by atoms with Crippen molar-refractivity contribution >= 4 is 11.6 Å². The molecule has 0 aromatic heterocycles. The summed E-state index contributed by atoms with van der Waals surface area (Å²) in [6.45, 7) is 4.74. The Bertz CT molecular complexity index is 352. The van der Waals surface area contributed by atoms with Crippen molar-refractivity contribution in [2.45, 2.75) is 25.9 Å². The predicted molar refractivity (Wildman–Crippen MR) is 71.4 cm³/mol. The van der Waals surface area contributed by atoms with Gasteiger partial charge in [-0.15, -0.1) is 0 Å². The van der Waals surface area contributed by atoms with Crippen molar-refractivity contribution in [1.82, 2.24) is 5.32 Å². The van der Waals surface area contributed by atoms with E-state index < -0.39 is 0 Å². The number of rotatable bonds is 7. The molecule has 3 heteroatoms. The highest BCUT2D eigenvalue weighted by atomic mass is 35.5. The summed E-state index contributed by atoms with van der Waals surface area (Å²) in [5.74, 6) is 0.779. The average Bonchev–Trinajstić information content (AvgIpc) is 3.15. The van der Waals surface area contributed by atoms with Crippen LogP contribution in [0.4, 0.5) is 0 Å². The van der Waals surface area contributed by atoms with Crippen LogP contribution in [0, 0.1) is 5.92 Å². The first-order chi connectivity index (χ1) is 8.31. The van der Waals surface area contributed by atoms with Gasteiger partial charge in [0.1, 0.15) is 0 Å². The topological polar surface area (TPSA) is 21.3 Å². The van der Waals surface area contributed by atoms with E-state index in [1.165, 1.54) is 12.8 Å². The second-order valence-corrected chi connectivity index (χ2v) is 5.00. The van der Waals surface area contributed by atoms with E-state index in [1.807, 2.05) is 18.2 Å². The van der Waals surface area contributed by atoms with E-state index in [4.69, 9.17) is 16.3 Å². The fourth-order valence-electron chi connectivity index (χ4n) is 1.81. The molecule has 0 saturated heterocycles. The van der Waals surface area contributed by atoms with Gasteiger partial charge in [0.15, 0.2) is 0 Å². The van der Waals surface area contributed by atoms with Gasteiger partial charge in [0.05, 0.1) is 12.7 Å². The summed E-state index contributed by atoms with van der Waals surface area (Å²) in [7, 11) is 0. The lowest BCUT2D eigenvalue weighted by atomic mass is 10.1. The lowest BCUT2D eigenvalue weighted by Gasteiger charge is -2.19. The first-order valence-electron chi connectivity index (χ1n) is 6.38. The van der Waals surface area contributed by atoms with E-state index in [0.29, 0.717) is 0 Å². The van der Waals surface area contributed by atoms with E-state index in [-0.39, 0.29) is 6.10 Å². The molecular weight excluding hydrogens is 234 g/mol. The Kier molecular flexibility index (Phi) is 4.84. The molecule has 0 radical (unpaired) electrons. The molecule has 1 aliphatic rings. The first-order valence-corrected chi connectivity index (χ1v) is 6.75. The molecule has 17 heavy (non-hydrogen) atoms. The molecule has 1 saturated carbocycles. The summed E-state index contributed by atoms with van der Waals surface area (Å²) >= 11 is 6.22. The minimum Gasteiger partial charge on any atom is -0.372 e. The molecule has 0 spiro atoms. The van der Waals surface area contributed by atoms with Gasteiger partial charge in [0.2, 0.25) is 0 Å². The van der Waals surface area contributed by atoms with E-state index >= 15 is 0 Å². The van der Waals surface area contributed by atoms with Crippen molar-refractivity contribution in [1.29, 1.82) is 0 Å². The molecule has 1 unspecified atom stereocenters. The van der Waals surface area contributed by atoms with Gasteiger partial charge >= 0.3 is 0 Å². The molecule has 0 amide bonds. The number of ether oxygens (including phenoxy) is 1. The fourth-order valence-corrected chi connectivity index (χ4v) is 2.06. The number of halogens is 1. The van der Waals surface area contributed by atoms with E-state index in [0.717, 1.165) is 36.2 Å². The van der Waals surface area contributed by atoms with Gasteiger partial charge in [0.25, 0.3) is 0 Å². The quantitative estimate of drug-likeness (QED) is 0.804. The zero-order chi connectivity index (χ0) is 12.1. The van der Waals surface area contributed by atoms with Crippen LogP contribution >= 0.6 is 11.6 Å². The number of hydrogen-bond acceptors (Lipinski definition) is 2. The van der Waals surface area contributed by atoms with Crippen LogP contribution in [-0.4, -0.2) is 19.7 Å². The van der Waals surface area contributed by atoms with Gasteiger partial charge in [-0.05, 0) is 31.4 Å². The average molecular weight is 254 g/mol. The SMILES string of the molecule is CCNCC(OCC1CC1)c1ccccc1Cl. The Morgan fingerprint density at radius 1 is 1.41 bits per heavy atom. The molecule has 0 aliphatic heterocycles. The highest BCUT2D eigenvalue weighted by Gasteiger charge is 2.24. The van der Waals surface area contributed by atoms with Gasteiger partial charge in [-0.1, -0.05) is 36.7 Å². The van der Waals surface area contributed by atoms with Crippen molar-refractivity contribution in [2.75, 3.05) is 19.7 Å². The maximum atomic E-state index is 6.22. The number of hydrogen-bond donors (Lipinski definition) is 1. The maximum absolute atomic E-state index is 6.22. The maximum Gasteiger partial charge on any atom is 0.0963 e. The van der Waals surface area contributed by atoms with Crippen molar-refractivity contribution in [3.8, 4) is 0 Å². The third kappa shape index (κ3) is 3.98. The van der Waals surface area contributed by atoms with Crippen LogP contribution < -0.4 is 5.32 Å². The van der Waals surface area contributed by atoms with E-state index in [2.05, 4.69) is 18.3 Å². The Balaban J connectivity index is 1.99. The molecule has 1 atom stereocenters. The largest absolute Gasteiger partial charge is 0.372 e. The lowest BCUT2D eigenvalue weighted by Crippen LogP contribution is -2.24. The summed E-state index contributed by atoms with van der Waals surface area (Å²) in [5, 5.41) is 4.13. The van der Waals surface area contributed by atoms with E-state index in [1.54, 1.807) is 0 Å². The van der Waals surface area contributed by atoms with Crippen LogP contribution in [-0.2, 0) is 4.74 Å². The van der Waals surface area contributed by atoms with Crippen molar-refractivity contribution in [3.05, 3.63) is 34.9 Å². The Morgan fingerprint density at radius 2 is 2.18 bits per heavy atom. The lowest BCUT2D eigenvalue weighted by molar-refractivity contribution is 0.0456. The van der Waals surface area contributed by atoms with Crippen LogP contribution in [0.3, 0.4) is 0 Å². The summed E-state index contributed by atoms with van der Waals surface area (Å²) in [5.41, 5.74) is 1.09. The van der Waals surface area contributed by atoms with Crippen LogP contribution in [0.2, 0.25) is 5.02 Å². The number of nitrogens with one attached hydrogen (secondary N) is 1. The van der Waals surface area contributed by atoms with Gasteiger partial charge in [0, 0.05) is 17.1 Å². The molecule has 0 bridgehead atoms. The van der Waals surface area contributed by atoms with Crippen LogP contribution in [0.15, 0.2) is 24.3 Å². The molecule has 2 nitrogen and oxygen atoms in total. The highest BCUT2D eigenvalue weighted by Crippen LogP contribution is 2.32. The molecular formula is C14H20ClNO. The van der Waals surface area contributed by atoms with Crippen LogP contribution in [0.25, 0.3) is 0 Å². The molecule has 1 N–H and O–H groups in total. The second-order valence-electron chi connectivity index (χ2n) is 4.59. The number of likely N-dealkylation sites (N-methyl/N-ethyl adjacent to an activating group) is 1. The standard InChI is InChI=1S/C14H20ClNO/c1-2-16-9-14(17-10-11-7-8-11)12-5-3-4-6-13(12)15/h3-6,11,14,16H,2,7-10H2,1H3. The Labute approximate surface area is 108 Å². The molecule has 2 rings (SSSR count). The molecule has 1 aromatic carbocycles. The molecule has 1 aromatic rings. The van der Waals surface area contributed by atoms with Gasteiger partial charge < -0.3 is 10.1 Å². The normalized spacial score (nSPS) is 17.1. The Morgan fingerprint density at radius 3 is 2.82 bits per heavy atom. The Hall–Kier alpha value is -0.570. The highest BCUT2D eigenvalue weighted by molar-refractivity contribution is 6.31. The molecule has 94 valence electrons. The minimum absolute atomic E-state index is 0.0734. The van der Waals surface area contributed by atoms with Gasteiger partial charge in [-0.2, -0.15) is 0 Å². The van der Waals surface area contributed by atoms with Crippen LogP contribution in [0.5, 0.6) is 0 Å². The van der Waals surface area contributed by atoms with Gasteiger partial charge in [-0.3, -0.25) is 0 Å². The summed E-state index contributed by atoms with van der Waals surface area (Å²) in [6.07, 6.45) is 2.71. The molecule has 1 aliphatic carbocycles. The third-order valence-electron chi connectivity index (χ3n) is 3.06. The van der Waals surface area contributed by atoms with Crippen molar-refractivity contribution in [3.63, 3.8) is 0 Å².